The van der Waals surface area contributed by atoms with Gasteiger partial charge >= 0.3 is 0 Å². The summed E-state index contributed by atoms with van der Waals surface area (Å²) < 4.78 is 0. The first kappa shape index (κ1) is 12.1. The topological polar surface area (TPSA) is 75.3 Å². The Hall–Kier alpha value is -1.36. The second-order valence-corrected chi connectivity index (χ2v) is 5.31. The second-order valence-electron chi connectivity index (χ2n) is 5.31. The zero-order valence-corrected chi connectivity index (χ0v) is 10.6. The van der Waals surface area contributed by atoms with Crippen molar-refractivity contribution in [3.8, 4) is 0 Å². The van der Waals surface area contributed by atoms with Crippen molar-refractivity contribution >= 4 is 11.6 Å². The molecule has 0 amide bonds. The van der Waals surface area contributed by atoms with Crippen LogP contribution < -0.4 is 10.6 Å². The minimum Gasteiger partial charge on any atom is -0.394 e. The summed E-state index contributed by atoms with van der Waals surface area (Å²) >= 11 is 0. The lowest BCUT2D eigenvalue weighted by atomic mass is 10.1. The smallest absolute Gasteiger partial charge is 0.136 e. The fourth-order valence-electron chi connectivity index (χ4n) is 1.58. The molecule has 94 valence electrons. The fourth-order valence-corrected chi connectivity index (χ4v) is 1.58. The van der Waals surface area contributed by atoms with Gasteiger partial charge in [-0.1, -0.05) is 0 Å². The summed E-state index contributed by atoms with van der Waals surface area (Å²) in [6.07, 6.45) is 2.30. The molecule has 0 saturated heterocycles. The lowest BCUT2D eigenvalue weighted by Gasteiger charge is -2.35. The van der Waals surface area contributed by atoms with Gasteiger partial charge in [-0.2, -0.15) is 0 Å². The molecule has 5 nitrogen and oxygen atoms in total. The highest BCUT2D eigenvalue weighted by molar-refractivity contribution is 5.48. The summed E-state index contributed by atoms with van der Waals surface area (Å²) in [5.41, 5.74) is 5.45. The van der Waals surface area contributed by atoms with E-state index < -0.39 is 0 Å². The van der Waals surface area contributed by atoms with Crippen LogP contribution in [0.15, 0.2) is 6.07 Å². The number of nitrogen functional groups attached to an aromatic ring is 1. The van der Waals surface area contributed by atoms with E-state index in [2.05, 4.69) is 9.97 Å². The molecule has 2 rings (SSSR count). The van der Waals surface area contributed by atoms with Gasteiger partial charge in [0.25, 0.3) is 0 Å². The SMILES string of the molecule is CN(c1cc(N)nc(C2CC2)n1)C(C)(C)CO. The molecule has 1 aliphatic rings. The van der Waals surface area contributed by atoms with Gasteiger partial charge in [-0.05, 0) is 26.7 Å². The van der Waals surface area contributed by atoms with E-state index in [9.17, 15) is 5.11 Å². The standard InChI is InChI=1S/C12H20N4O/c1-12(2,7-17)16(3)10-6-9(13)14-11(15-10)8-4-5-8/h6,8,17H,4-5,7H2,1-3H3,(H2,13,14,15). The van der Waals surface area contributed by atoms with Crippen LogP contribution in [-0.2, 0) is 0 Å². The van der Waals surface area contributed by atoms with Crippen LogP contribution in [0.3, 0.4) is 0 Å². The minimum atomic E-state index is -0.360. The van der Waals surface area contributed by atoms with Crippen LogP contribution in [0.1, 0.15) is 38.4 Å². The maximum Gasteiger partial charge on any atom is 0.136 e. The molecule has 3 N–H and O–H groups in total. The van der Waals surface area contributed by atoms with Crippen molar-refractivity contribution in [3.05, 3.63) is 11.9 Å². The number of hydrogen-bond donors (Lipinski definition) is 2. The molecule has 1 saturated carbocycles. The summed E-state index contributed by atoms with van der Waals surface area (Å²) in [5, 5.41) is 9.37. The molecule has 0 spiro atoms. The van der Waals surface area contributed by atoms with Gasteiger partial charge < -0.3 is 15.7 Å². The Bertz CT molecular complexity index is 415. The molecule has 1 aliphatic carbocycles. The third-order valence-corrected chi connectivity index (χ3v) is 3.33. The van der Waals surface area contributed by atoms with Crippen LogP contribution >= 0.6 is 0 Å². The molecule has 1 heterocycles. The molecule has 0 unspecified atom stereocenters. The fraction of sp³-hybridized carbons (Fsp3) is 0.667. The number of aliphatic hydroxyl groups is 1. The number of nitrogens with zero attached hydrogens (tertiary/aromatic N) is 3. The molecule has 1 fully saturated rings. The summed E-state index contributed by atoms with van der Waals surface area (Å²) in [6.45, 7) is 3.98. The van der Waals surface area contributed by atoms with Crippen molar-refractivity contribution in [2.24, 2.45) is 0 Å². The third-order valence-electron chi connectivity index (χ3n) is 3.33. The van der Waals surface area contributed by atoms with E-state index in [0.717, 1.165) is 24.5 Å². The first-order valence-corrected chi connectivity index (χ1v) is 5.93. The number of hydrogen-bond acceptors (Lipinski definition) is 5. The monoisotopic (exact) mass is 236 g/mol. The van der Waals surface area contributed by atoms with Crippen molar-refractivity contribution in [3.63, 3.8) is 0 Å². The van der Waals surface area contributed by atoms with Crippen LogP contribution in [0.5, 0.6) is 0 Å². The van der Waals surface area contributed by atoms with E-state index >= 15 is 0 Å². The van der Waals surface area contributed by atoms with Crippen molar-refractivity contribution in [2.45, 2.75) is 38.1 Å². The molecule has 1 aromatic heterocycles. The predicted molar refractivity (Wildman–Crippen MR) is 68.0 cm³/mol. The number of nitrogens with two attached hydrogens (primary N) is 1. The lowest BCUT2D eigenvalue weighted by Crippen LogP contribution is -2.45. The molecule has 0 radical (unpaired) electrons. The highest BCUT2D eigenvalue weighted by Crippen LogP contribution is 2.39. The van der Waals surface area contributed by atoms with E-state index in [1.807, 2.05) is 25.8 Å². The van der Waals surface area contributed by atoms with E-state index in [1.165, 1.54) is 0 Å². The van der Waals surface area contributed by atoms with Crippen LogP contribution in [0.4, 0.5) is 11.6 Å². The molecular formula is C12H20N4O. The average molecular weight is 236 g/mol. The number of aliphatic hydroxyl groups excluding tert-OH is 1. The van der Waals surface area contributed by atoms with Crippen LogP contribution in [0, 0.1) is 0 Å². The Labute approximate surface area is 102 Å². The predicted octanol–water partition coefficient (Wildman–Crippen LogP) is 1.14. The zero-order chi connectivity index (χ0) is 12.6. The highest BCUT2D eigenvalue weighted by Gasteiger charge is 2.29. The molecule has 0 aliphatic heterocycles. The quantitative estimate of drug-likeness (QED) is 0.820. The molecular weight excluding hydrogens is 216 g/mol. The van der Waals surface area contributed by atoms with E-state index in [4.69, 9.17) is 5.73 Å². The van der Waals surface area contributed by atoms with E-state index in [-0.39, 0.29) is 12.1 Å². The maximum absolute atomic E-state index is 9.37. The van der Waals surface area contributed by atoms with Gasteiger partial charge in [-0.3, -0.25) is 0 Å². The molecule has 5 heteroatoms. The van der Waals surface area contributed by atoms with Crippen molar-refractivity contribution < 1.29 is 5.11 Å². The van der Waals surface area contributed by atoms with Gasteiger partial charge in [-0.25, -0.2) is 9.97 Å². The van der Waals surface area contributed by atoms with Crippen molar-refractivity contribution in [1.82, 2.24) is 9.97 Å². The van der Waals surface area contributed by atoms with Crippen molar-refractivity contribution in [1.29, 1.82) is 0 Å². The Morgan fingerprint density at radius 1 is 1.47 bits per heavy atom. The van der Waals surface area contributed by atoms with Gasteiger partial charge in [0.2, 0.25) is 0 Å². The largest absolute Gasteiger partial charge is 0.394 e. The number of rotatable bonds is 4. The first-order valence-electron chi connectivity index (χ1n) is 5.93. The van der Waals surface area contributed by atoms with Gasteiger partial charge in [0.15, 0.2) is 0 Å². The lowest BCUT2D eigenvalue weighted by molar-refractivity contribution is 0.215. The normalized spacial score (nSPS) is 16.0. The summed E-state index contributed by atoms with van der Waals surface area (Å²) in [4.78, 5) is 10.7. The highest BCUT2D eigenvalue weighted by atomic mass is 16.3. The molecule has 1 aromatic rings. The van der Waals surface area contributed by atoms with Gasteiger partial charge in [0, 0.05) is 19.0 Å². The van der Waals surface area contributed by atoms with E-state index in [0.29, 0.717) is 11.7 Å². The number of aromatic nitrogens is 2. The zero-order valence-electron chi connectivity index (χ0n) is 10.6. The van der Waals surface area contributed by atoms with Gasteiger partial charge in [0.1, 0.15) is 17.5 Å². The third kappa shape index (κ3) is 2.49. The Balaban J connectivity index is 2.31. The molecule has 0 bridgehead atoms. The van der Waals surface area contributed by atoms with Crippen molar-refractivity contribution in [2.75, 3.05) is 24.3 Å². The average Bonchev–Trinajstić information content (AvgIpc) is 3.11. The molecule has 0 atom stereocenters. The van der Waals surface area contributed by atoms with Gasteiger partial charge in [-0.15, -0.1) is 0 Å². The van der Waals surface area contributed by atoms with E-state index in [1.54, 1.807) is 6.07 Å². The molecule has 17 heavy (non-hydrogen) atoms. The maximum atomic E-state index is 9.37. The number of anilines is 2. The summed E-state index contributed by atoms with van der Waals surface area (Å²) in [7, 11) is 1.91. The summed E-state index contributed by atoms with van der Waals surface area (Å²) in [5.74, 6) is 2.58. The number of likely N-dealkylation sites (N-methyl/N-ethyl adjacent to an activating group) is 1. The Morgan fingerprint density at radius 2 is 2.12 bits per heavy atom. The Kier molecular flexibility index (Phi) is 2.95. The minimum absolute atomic E-state index is 0.0617. The Morgan fingerprint density at radius 3 is 2.65 bits per heavy atom. The van der Waals surface area contributed by atoms with Crippen LogP contribution in [0.25, 0.3) is 0 Å². The van der Waals surface area contributed by atoms with Crippen LogP contribution in [0.2, 0.25) is 0 Å². The second kappa shape index (κ2) is 4.14. The summed E-state index contributed by atoms with van der Waals surface area (Å²) in [6, 6.07) is 1.75. The first-order chi connectivity index (χ1) is 7.94. The van der Waals surface area contributed by atoms with Gasteiger partial charge in [0.05, 0.1) is 12.1 Å². The molecule has 0 aromatic carbocycles. The van der Waals surface area contributed by atoms with Crippen LogP contribution in [-0.4, -0.2) is 34.3 Å².